The van der Waals surface area contributed by atoms with Gasteiger partial charge >= 0.3 is 0 Å². The number of hydrogen-bond donors (Lipinski definition) is 1. The fourth-order valence-electron chi connectivity index (χ4n) is 3.71. The molecular formula is C17H27N3O. The van der Waals surface area contributed by atoms with Crippen LogP contribution < -0.4 is 10.1 Å². The van der Waals surface area contributed by atoms with E-state index in [2.05, 4.69) is 46.4 Å². The van der Waals surface area contributed by atoms with Crippen molar-refractivity contribution in [1.29, 1.82) is 0 Å². The summed E-state index contributed by atoms with van der Waals surface area (Å²) in [5.41, 5.74) is 1.33. The first-order valence-electron chi connectivity index (χ1n) is 8.07. The largest absolute Gasteiger partial charge is 0.496 e. The van der Waals surface area contributed by atoms with Crippen LogP contribution in [-0.4, -0.2) is 62.7 Å². The Bertz CT molecular complexity index is 457. The number of para-hydroxylation sites is 1. The van der Waals surface area contributed by atoms with Gasteiger partial charge in [-0.05, 0) is 39.0 Å². The topological polar surface area (TPSA) is 27.7 Å². The summed E-state index contributed by atoms with van der Waals surface area (Å²) in [5.74, 6) is 1.02. The minimum atomic E-state index is 0.434. The number of rotatable bonds is 3. The van der Waals surface area contributed by atoms with Gasteiger partial charge in [0.1, 0.15) is 5.75 Å². The molecule has 1 atom stereocenters. The highest BCUT2D eigenvalue weighted by Gasteiger charge is 2.32. The van der Waals surface area contributed by atoms with Gasteiger partial charge in [-0.1, -0.05) is 18.2 Å². The van der Waals surface area contributed by atoms with Crippen molar-refractivity contribution in [2.24, 2.45) is 0 Å². The lowest BCUT2D eigenvalue weighted by molar-refractivity contribution is 0.0627. The van der Waals surface area contributed by atoms with Crippen LogP contribution in [0.25, 0.3) is 0 Å². The van der Waals surface area contributed by atoms with Crippen LogP contribution in [0.5, 0.6) is 5.75 Å². The van der Waals surface area contributed by atoms with Crippen LogP contribution in [0.15, 0.2) is 24.3 Å². The molecule has 4 nitrogen and oxygen atoms in total. The van der Waals surface area contributed by atoms with Crippen molar-refractivity contribution in [3.63, 3.8) is 0 Å². The van der Waals surface area contributed by atoms with Crippen LogP contribution in [-0.2, 0) is 0 Å². The summed E-state index contributed by atoms with van der Waals surface area (Å²) in [6.07, 6.45) is 2.56. The van der Waals surface area contributed by atoms with Gasteiger partial charge in [0.15, 0.2) is 0 Å². The zero-order chi connectivity index (χ0) is 14.7. The lowest BCUT2D eigenvalue weighted by atomic mass is 9.96. The first kappa shape index (κ1) is 14.8. The third-order valence-corrected chi connectivity index (χ3v) is 4.94. The molecule has 0 saturated carbocycles. The second kappa shape index (κ2) is 6.77. The minimum Gasteiger partial charge on any atom is -0.496 e. The highest BCUT2D eigenvalue weighted by atomic mass is 16.5. The van der Waals surface area contributed by atoms with Gasteiger partial charge in [0.25, 0.3) is 0 Å². The van der Waals surface area contributed by atoms with E-state index in [1.54, 1.807) is 7.11 Å². The molecule has 0 bridgehead atoms. The summed E-state index contributed by atoms with van der Waals surface area (Å²) < 4.78 is 5.59. The van der Waals surface area contributed by atoms with Gasteiger partial charge in [0, 0.05) is 31.2 Å². The predicted molar refractivity (Wildman–Crippen MR) is 85.8 cm³/mol. The molecule has 0 aliphatic carbocycles. The maximum atomic E-state index is 5.59. The lowest BCUT2D eigenvalue weighted by Crippen LogP contribution is -2.53. The Morgan fingerprint density at radius 2 is 1.90 bits per heavy atom. The predicted octanol–water partition coefficient (Wildman–Crippen LogP) is 1.74. The molecule has 2 aliphatic heterocycles. The van der Waals surface area contributed by atoms with Gasteiger partial charge < -0.3 is 15.0 Å². The summed E-state index contributed by atoms with van der Waals surface area (Å²) in [5, 5.41) is 3.55. The fourth-order valence-corrected chi connectivity index (χ4v) is 3.71. The number of likely N-dealkylation sites (tertiary alicyclic amines) is 1. The first-order chi connectivity index (χ1) is 10.3. The molecule has 1 N–H and O–H groups in total. The van der Waals surface area contributed by atoms with Crippen LogP contribution in [0.4, 0.5) is 0 Å². The molecule has 116 valence electrons. The van der Waals surface area contributed by atoms with E-state index in [4.69, 9.17) is 4.74 Å². The molecule has 2 aliphatic rings. The number of ether oxygens (including phenoxy) is 1. The Kier molecular flexibility index (Phi) is 4.78. The quantitative estimate of drug-likeness (QED) is 0.917. The number of benzene rings is 1. The first-order valence-corrected chi connectivity index (χ1v) is 8.07. The normalized spacial score (nSPS) is 25.9. The SMILES string of the molecule is COc1ccccc1[C@@H]1CNCCN1C1CCN(C)CC1. The number of hydrogen-bond acceptors (Lipinski definition) is 4. The highest BCUT2D eigenvalue weighted by Crippen LogP contribution is 2.33. The summed E-state index contributed by atoms with van der Waals surface area (Å²) in [6.45, 7) is 5.68. The smallest absolute Gasteiger partial charge is 0.123 e. The van der Waals surface area contributed by atoms with Crippen molar-refractivity contribution < 1.29 is 4.74 Å². The zero-order valence-corrected chi connectivity index (χ0v) is 13.2. The van der Waals surface area contributed by atoms with Gasteiger partial charge in [-0.3, -0.25) is 4.90 Å². The molecule has 1 aromatic carbocycles. The zero-order valence-electron chi connectivity index (χ0n) is 13.2. The molecule has 3 rings (SSSR count). The van der Waals surface area contributed by atoms with Gasteiger partial charge in [-0.15, -0.1) is 0 Å². The Hall–Kier alpha value is -1.10. The second-order valence-electron chi connectivity index (χ2n) is 6.23. The molecule has 4 heteroatoms. The van der Waals surface area contributed by atoms with E-state index in [0.29, 0.717) is 12.1 Å². The van der Waals surface area contributed by atoms with Crippen molar-refractivity contribution >= 4 is 0 Å². The van der Waals surface area contributed by atoms with Crippen molar-refractivity contribution in [3.05, 3.63) is 29.8 Å². The number of piperidine rings is 1. The molecular weight excluding hydrogens is 262 g/mol. The van der Waals surface area contributed by atoms with E-state index >= 15 is 0 Å². The molecule has 0 radical (unpaired) electrons. The summed E-state index contributed by atoms with van der Waals surface area (Å²) in [6, 6.07) is 9.62. The van der Waals surface area contributed by atoms with E-state index in [9.17, 15) is 0 Å². The van der Waals surface area contributed by atoms with E-state index in [-0.39, 0.29) is 0 Å². The fraction of sp³-hybridized carbons (Fsp3) is 0.647. The average Bonchev–Trinajstić information content (AvgIpc) is 2.55. The number of nitrogens with zero attached hydrogens (tertiary/aromatic N) is 2. The number of nitrogens with one attached hydrogen (secondary N) is 1. The monoisotopic (exact) mass is 289 g/mol. The Balaban J connectivity index is 1.81. The molecule has 0 aromatic heterocycles. The molecule has 2 heterocycles. The highest BCUT2D eigenvalue weighted by molar-refractivity contribution is 5.36. The summed E-state index contributed by atoms with van der Waals surface area (Å²) >= 11 is 0. The standard InChI is InChI=1S/C17H27N3O/c1-19-10-7-14(8-11-19)20-12-9-18-13-16(20)15-5-3-4-6-17(15)21-2/h3-6,14,16,18H,7-13H2,1-2H3/t16-/m0/s1. The Labute approximate surface area is 128 Å². The lowest BCUT2D eigenvalue weighted by Gasteiger charge is -2.44. The molecule has 0 spiro atoms. The van der Waals surface area contributed by atoms with E-state index in [1.165, 1.54) is 31.5 Å². The number of piperazine rings is 1. The van der Waals surface area contributed by atoms with Crippen molar-refractivity contribution in [2.75, 3.05) is 46.9 Å². The van der Waals surface area contributed by atoms with E-state index in [1.807, 2.05) is 0 Å². The third-order valence-electron chi connectivity index (χ3n) is 4.94. The maximum Gasteiger partial charge on any atom is 0.123 e. The van der Waals surface area contributed by atoms with Crippen LogP contribution in [0, 0.1) is 0 Å². The molecule has 0 amide bonds. The van der Waals surface area contributed by atoms with Crippen LogP contribution >= 0.6 is 0 Å². The maximum absolute atomic E-state index is 5.59. The van der Waals surface area contributed by atoms with Crippen molar-refractivity contribution in [2.45, 2.75) is 24.9 Å². The molecule has 1 aromatic rings. The van der Waals surface area contributed by atoms with Crippen LogP contribution in [0.2, 0.25) is 0 Å². The van der Waals surface area contributed by atoms with Gasteiger partial charge in [0.05, 0.1) is 13.2 Å². The third kappa shape index (κ3) is 3.23. The molecule has 21 heavy (non-hydrogen) atoms. The van der Waals surface area contributed by atoms with Crippen LogP contribution in [0.1, 0.15) is 24.4 Å². The van der Waals surface area contributed by atoms with Gasteiger partial charge in [0.2, 0.25) is 0 Å². The Morgan fingerprint density at radius 1 is 1.14 bits per heavy atom. The van der Waals surface area contributed by atoms with Crippen LogP contribution in [0.3, 0.4) is 0 Å². The second-order valence-corrected chi connectivity index (χ2v) is 6.23. The molecule has 2 fully saturated rings. The Morgan fingerprint density at radius 3 is 2.67 bits per heavy atom. The van der Waals surface area contributed by atoms with Gasteiger partial charge in [-0.2, -0.15) is 0 Å². The summed E-state index contributed by atoms with van der Waals surface area (Å²) in [4.78, 5) is 5.15. The van der Waals surface area contributed by atoms with Gasteiger partial charge in [-0.25, -0.2) is 0 Å². The van der Waals surface area contributed by atoms with Crippen molar-refractivity contribution in [3.8, 4) is 5.75 Å². The summed E-state index contributed by atoms with van der Waals surface area (Å²) in [7, 11) is 4.00. The number of methoxy groups -OCH3 is 1. The van der Waals surface area contributed by atoms with E-state index in [0.717, 1.165) is 25.4 Å². The van der Waals surface area contributed by atoms with E-state index < -0.39 is 0 Å². The molecule has 0 unspecified atom stereocenters. The molecule has 2 saturated heterocycles. The minimum absolute atomic E-state index is 0.434. The van der Waals surface area contributed by atoms with Crippen molar-refractivity contribution in [1.82, 2.24) is 15.1 Å². The average molecular weight is 289 g/mol.